The Kier molecular flexibility index (Phi) is 7.13. The maximum Gasteiger partial charge on any atom is 0.402 e. The summed E-state index contributed by atoms with van der Waals surface area (Å²) >= 11 is -1.73. The van der Waals surface area contributed by atoms with Crippen LogP contribution in [0.4, 0.5) is 17.6 Å². The Hall–Kier alpha value is -3.49. The lowest BCUT2D eigenvalue weighted by Gasteiger charge is -2.44. The number of aromatic nitrogens is 5. The zero-order valence-corrected chi connectivity index (χ0v) is 23.0. The normalized spacial score (nSPS) is 17.9. The van der Waals surface area contributed by atoms with Crippen molar-refractivity contribution in [2.45, 2.75) is 38.0 Å². The van der Waals surface area contributed by atoms with Crippen molar-refractivity contribution in [2.75, 3.05) is 19.6 Å². The number of alkyl halides is 3. The van der Waals surface area contributed by atoms with E-state index in [0.29, 0.717) is 27.7 Å². The van der Waals surface area contributed by atoms with Gasteiger partial charge in [0.25, 0.3) is 0 Å². The smallest absolute Gasteiger partial charge is 0.402 e. The van der Waals surface area contributed by atoms with Gasteiger partial charge in [-0.2, -0.15) is 28.2 Å². The molecule has 0 radical (unpaired) electrons. The summed E-state index contributed by atoms with van der Waals surface area (Å²) in [4.78, 5) is 15.9. The van der Waals surface area contributed by atoms with Crippen LogP contribution in [0, 0.1) is 18.2 Å². The standard InChI is InChI=1S/C26H27F4N7O2S/c1-16-11-21-17(13-32-37(21)19-7-5-18(27)6-8-19)12-20(16)22-15-35(40(39)23-14-31-34(4)33-23)9-10-36(22)24(38)25(2,3)26(28,29)30/h5-8,11-14,22H,9-10,15H2,1-4H3. The third-order valence-corrected chi connectivity index (χ3v) is 8.57. The van der Waals surface area contributed by atoms with E-state index in [2.05, 4.69) is 15.3 Å². The molecule has 40 heavy (non-hydrogen) atoms. The van der Waals surface area contributed by atoms with E-state index in [0.717, 1.165) is 13.8 Å². The number of halogens is 4. The second kappa shape index (κ2) is 10.2. The first kappa shape index (κ1) is 28.1. The molecule has 0 spiro atoms. The van der Waals surface area contributed by atoms with Gasteiger partial charge in [0, 0.05) is 19.0 Å². The molecule has 0 saturated carbocycles. The van der Waals surface area contributed by atoms with Crippen molar-refractivity contribution in [1.82, 2.24) is 34.0 Å². The second-order valence-corrected chi connectivity index (χ2v) is 11.7. The van der Waals surface area contributed by atoms with Gasteiger partial charge in [-0.15, -0.1) is 9.40 Å². The molecule has 1 aliphatic rings. The Bertz CT molecular complexity index is 1550. The van der Waals surface area contributed by atoms with Gasteiger partial charge in [0.1, 0.15) is 28.8 Å². The molecule has 9 nitrogen and oxygen atoms in total. The van der Waals surface area contributed by atoms with Gasteiger partial charge in [-0.1, -0.05) is 0 Å². The largest absolute Gasteiger partial charge is 0.591 e. The lowest BCUT2D eigenvalue weighted by molar-refractivity contribution is -0.219. The first-order chi connectivity index (χ1) is 18.8. The Morgan fingerprint density at radius 1 is 1.07 bits per heavy atom. The van der Waals surface area contributed by atoms with E-state index >= 15 is 0 Å². The number of benzene rings is 2. The van der Waals surface area contributed by atoms with E-state index in [1.165, 1.54) is 28.0 Å². The van der Waals surface area contributed by atoms with E-state index in [4.69, 9.17) is 0 Å². The van der Waals surface area contributed by atoms with Crippen LogP contribution in [0.15, 0.2) is 53.8 Å². The number of amides is 1. The van der Waals surface area contributed by atoms with Gasteiger partial charge in [-0.05, 0) is 68.3 Å². The second-order valence-electron chi connectivity index (χ2n) is 10.2. The predicted octanol–water partition coefficient (Wildman–Crippen LogP) is 4.10. The monoisotopic (exact) mass is 577 g/mol. The number of piperazine rings is 1. The fourth-order valence-electron chi connectivity index (χ4n) is 4.78. The van der Waals surface area contributed by atoms with Crippen molar-refractivity contribution in [3.63, 3.8) is 0 Å². The minimum Gasteiger partial charge on any atom is -0.591 e. The molecule has 2 unspecified atom stereocenters. The van der Waals surface area contributed by atoms with Gasteiger partial charge >= 0.3 is 11.2 Å². The molecule has 1 fully saturated rings. The van der Waals surface area contributed by atoms with Crippen LogP contribution in [0.3, 0.4) is 0 Å². The van der Waals surface area contributed by atoms with Crippen LogP contribution in [0.2, 0.25) is 0 Å². The number of fused-ring (bicyclic) bond motifs is 1. The third-order valence-electron chi connectivity index (χ3n) is 7.23. The zero-order valence-electron chi connectivity index (χ0n) is 22.2. The van der Waals surface area contributed by atoms with Crippen LogP contribution in [-0.2, 0) is 23.2 Å². The van der Waals surface area contributed by atoms with Gasteiger partial charge in [0.2, 0.25) is 5.91 Å². The van der Waals surface area contributed by atoms with Crippen LogP contribution in [0.1, 0.15) is 31.0 Å². The summed E-state index contributed by atoms with van der Waals surface area (Å²) in [5, 5.41) is 13.4. The summed E-state index contributed by atoms with van der Waals surface area (Å²) in [7, 11) is 1.59. The third kappa shape index (κ3) is 4.95. The van der Waals surface area contributed by atoms with Crippen LogP contribution >= 0.6 is 0 Å². The van der Waals surface area contributed by atoms with Crippen molar-refractivity contribution in [1.29, 1.82) is 0 Å². The van der Waals surface area contributed by atoms with Gasteiger partial charge < -0.3 is 9.45 Å². The summed E-state index contributed by atoms with van der Waals surface area (Å²) in [6.45, 7) is 3.58. The number of hydrogen-bond donors (Lipinski definition) is 0. The molecule has 1 saturated heterocycles. The van der Waals surface area contributed by atoms with E-state index in [9.17, 15) is 26.9 Å². The van der Waals surface area contributed by atoms with Crippen LogP contribution in [0.25, 0.3) is 16.6 Å². The van der Waals surface area contributed by atoms with Gasteiger partial charge in [-0.3, -0.25) is 4.79 Å². The maximum atomic E-state index is 13.9. The highest BCUT2D eigenvalue weighted by molar-refractivity contribution is 7.89. The van der Waals surface area contributed by atoms with Crippen molar-refractivity contribution in [2.24, 2.45) is 12.5 Å². The fraction of sp³-hybridized carbons (Fsp3) is 0.385. The molecule has 1 aliphatic heterocycles. The molecule has 0 aliphatic carbocycles. The van der Waals surface area contributed by atoms with Gasteiger partial charge in [-0.25, -0.2) is 9.07 Å². The fourth-order valence-corrected chi connectivity index (χ4v) is 5.89. The zero-order chi connectivity index (χ0) is 29.0. The molecule has 4 aromatic rings. The SMILES string of the molecule is Cc1cc2c(cnn2-c2ccc(F)cc2)cc1C1CN([S+]([O-])c2cnn(C)n2)CCN1C(=O)C(C)(C)C(F)(F)F. The number of rotatable bonds is 5. The molecule has 2 atom stereocenters. The Labute approximate surface area is 230 Å². The molecular formula is C26H27F4N7O2S. The number of hydrogen-bond acceptors (Lipinski definition) is 6. The highest BCUT2D eigenvalue weighted by Crippen LogP contribution is 2.42. The maximum absolute atomic E-state index is 13.9. The number of carbonyl (C=O) groups is 1. The average molecular weight is 578 g/mol. The van der Waals surface area contributed by atoms with E-state index in [-0.39, 0.29) is 30.5 Å². The van der Waals surface area contributed by atoms with Crippen LogP contribution < -0.4 is 0 Å². The highest BCUT2D eigenvalue weighted by atomic mass is 32.2. The minimum atomic E-state index is -4.76. The molecule has 14 heteroatoms. The molecule has 3 heterocycles. The quantitative estimate of drug-likeness (QED) is 0.262. The topological polar surface area (TPSA) is 95.1 Å². The average Bonchev–Trinajstić information content (AvgIpc) is 3.52. The molecule has 5 rings (SSSR count). The summed E-state index contributed by atoms with van der Waals surface area (Å²) in [5.74, 6) is -1.44. The minimum absolute atomic E-state index is 0.0152. The lowest BCUT2D eigenvalue weighted by Crippen LogP contribution is -2.57. The number of carbonyl (C=O) groups excluding carboxylic acids is 1. The van der Waals surface area contributed by atoms with Crippen molar-refractivity contribution in [3.8, 4) is 5.69 Å². The molecule has 0 bridgehead atoms. The summed E-state index contributed by atoms with van der Waals surface area (Å²) in [6.07, 6.45) is -1.79. The molecule has 0 N–H and O–H groups in total. The number of aryl methyl sites for hydroxylation is 2. The first-order valence-corrected chi connectivity index (χ1v) is 13.5. The molecule has 212 valence electrons. The summed E-state index contributed by atoms with van der Waals surface area (Å²) in [5.41, 5.74) is 0.0326. The molecular weight excluding hydrogens is 550 g/mol. The van der Waals surface area contributed by atoms with E-state index in [1.54, 1.807) is 47.4 Å². The molecule has 1 amide bonds. The highest BCUT2D eigenvalue weighted by Gasteiger charge is 2.56. The van der Waals surface area contributed by atoms with Crippen molar-refractivity contribution < 1.29 is 26.9 Å². The van der Waals surface area contributed by atoms with E-state index < -0.39 is 34.9 Å². The molecule has 2 aromatic heterocycles. The Balaban J connectivity index is 1.56. The molecule has 2 aromatic carbocycles. The number of nitrogens with zero attached hydrogens (tertiary/aromatic N) is 7. The first-order valence-electron chi connectivity index (χ1n) is 12.4. The van der Waals surface area contributed by atoms with Crippen molar-refractivity contribution >= 4 is 28.2 Å². The van der Waals surface area contributed by atoms with Crippen LogP contribution in [-0.4, -0.2) is 70.2 Å². The van der Waals surface area contributed by atoms with E-state index in [1.807, 2.05) is 6.07 Å². The van der Waals surface area contributed by atoms with Crippen molar-refractivity contribution in [3.05, 3.63) is 65.7 Å². The predicted molar refractivity (Wildman–Crippen MR) is 139 cm³/mol. The van der Waals surface area contributed by atoms with Gasteiger partial charge in [0.05, 0.1) is 36.5 Å². The van der Waals surface area contributed by atoms with Crippen LogP contribution in [0.5, 0.6) is 0 Å². The Morgan fingerprint density at radius 3 is 2.40 bits per heavy atom. The Morgan fingerprint density at radius 2 is 1.77 bits per heavy atom. The lowest BCUT2D eigenvalue weighted by atomic mass is 9.88. The summed E-state index contributed by atoms with van der Waals surface area (Å²) in [6, 6.07) is 8.61. The van der Waals surface area contributed by atoms with Gasteiger partial charge in [0.15, 0.2) is 0 Å². The summed E-state index contributed by atoms with van der Waals surface area (Å²) < 4.78 is 71.7.